The Kier molecular flexibility index (Phi) is 3.50. The second-order valence-corrected chi connectivity index (χ2v) is 4.23. The summed E-state index contributed by atoms with van der Waals surface area (Å²) in [6.07, 6.45) is 1.95. The lowest BCUT2D eigenvalue weighted by Gasteiger charge is -2.37. The molecule has 0 aromatic carbocycles. The van der Waals surface area contributed by atoms with Gasteiger partial charge in [0.2, 0.25) is 6.04 Å². The van der Waals surface area contributed by atoms with Gasteiger partial charge in [-0.1, -0.05) is 0 Å². The average molecular weight is 214 g/mol. The molecule has 86 valence electrons. The first-order valence-corrected chi connectivity index (χ1v) is 5.59. The first-order valence-electron chi connectivity index (χ1n) is 5.59. The fraction of sp³-hybridized carbons (Fsp3) is 1.00. The highest BCUT2D eigenvalue weighted by molar-refractivity contribution is 4.81. The Hall–Kier alpha value is -0.720. The molecular weight excluding hydrogens is 196 g/mol. The molecule has 0 aromatic heterocycles. The van der Waals surface area contributed by atoms with Gasteiger partial charge < -0.3 is 5.32 Å². The van der Waals surface area contributed by atoms with Crippen LogP contribution in [-0.2, 0) is 0 Å². The molecule has 2 saturated heterocycles. The number of piperazine rings is 1. The van der Waals surface area contributed by atoms with Gasteiger partial charge in [-0.25, -0.2) is 0 Å². The molecule has 2 N–H and O–H groups in total. The molecule has 0 aliphatic carbocycles. The van der Waals surface area contributed by atoms with E-state index in [0.29, 0.717) is 19.1 Å². The monoisotopic (exact) mass is 214 g/mol. The van der Waals surface area contributed by atoms with Crippen molar-refractivity contribution in [2.75, 3.05) is 32.7 Å². The molecule has 2 rings (SSSR count). The van der Waals surface area contributed by atoms with Crippen molar-refractivity contribution in [3.63, 3.8) is 0 Å². The third-order valence-electron chi connectivity index (χ3n) is 3.25. The minimum Gasteiger partial charge on any atom is -0.314 e. The lowest BCUT2D eigenvalue weighted by Crippen LogP contribution is -2.57. The van der Waals surface area contributed by atoms with Crippen molar-refractivity contribution in [1.82, 2.24) is 15.5 Å². The number of piperidine rings is 1. The van der Waals surface area contributed by atoms with Gasteiger partial charge in [0, 0.05) is 37.5 Å². The molecule has 6 heteroatoms. The second kappa shape index (κ2) is 4.87. The quantitative estimate of drug-likeness (QED) is 0.467. The molecule has 6 nitrogen and oxygen atoms in total. The zero-order chi connectivity index (χ0) is 10.7. The van der Waals surface area contributed by atoms with E-state index >= 15 is 0 Å². The highest BCUT2D eigenvalue weighted by Crippen LogP contribution is 2.14. The van der Waals surface area contributed by atoms with Gasteiger partial charge in [0.15, 0.2) is 0 Å². The summed E-state index contributed by atoms with van der Waals surface area (Å²) in [5.74, 6) is 0. The van der Waals surface area contributed by atoms with Crippen molar-refractivity contribution in [2.24, 2.45) is 0 Å². The molecule has 15 heavy (non-hydrogen) atoms. The Bertz CT molecular complexity index is 222. The topological polar surface area (TPSA) is 70.4 Å². The van der Waals surface area contributed by atoms with E-state index in [1.54, 1.807) is 0 Å². The number of hydrogen-bond donors (Lipinski definition) is 2. The molecule has 0 spiro atoms. The minimum absolute atomic E-state index is 0.166. The maximum atomic E-state index is 10.6. The van der Waals surface area contributed by atoms with E-state index in [0.717, 1.165) is 32.6 Å². The number of nitro groups is 1. The Morgan fingerprint density at radius 2 is 2.00 bits per heavy atom. The second-order valence-electron chi connectivity index (χ2n) is 4.23. The summed E-state index contributed by atoms with van der Waals surface area (Å²) in [5.41, 5.74) is 0. The molecular formula is C9H18N4O2. The molecule has 0 aromatic rings. The Balaban J connectivity index is 1.79. The minimum atomic E-state index is -0.385. The van der Waals surface area contributed by atoms with Crippen LogP contribution in [0.1, 0.15) is 12.8 Å². The van der Waals surface area contributed by atoms with Gasteiger partial charge in [-0.05, 0) is 6.42 Å². The highest BCUT2D eigenvalue weighted by Gasteiger charge is 2.31. The van der Waals surface area contributed by atoms with Crippen molar-refractivity contribution in [3.05, 3.63) is 10.1 Å². The molecule has 0 radical (unpaired) electrons. The summed E-state index contributed by atoms with van der Waals surface area (Å²) in [6.45, 7) is 4.65. The summed E-state index contributed by atoms with van der Waals surface area (Å²) in [4.78, 5) is 12.8. The molecule has 2 atom stereocenters. The smallest absolute Gasteiger partial charge is 0.225 e. The van der Waals surface area contributed by atoms with E-state index in [2.05, 4.69) is 15.5 Å². The van der Waals surface area contributed by atoms with Gasteiger partial charge in [-0.3, -0.25) is 20.3 Å². The third kappa shape index (κ3) is 2.64. The van der Waals surface area contributed by atoms with E-state index in [9.17, 15) is 10.1 Å². The lowest BCUT2D eigenvalue weighted by atomic mass is 10.0. The van der Waals surface area contributed by atoms with Gasteiger partial charge in [-0.2, -0.15) is 0 Å². The Labute approximate surface area is 89.2 Å². The zero-order valence-corrected chi connectivity index (χ0v) is 8.82. The van der Waals surface area contributed by atoms with E-state index in [1.807, 2.05) is 0 Å². The summed E-state index contributed by atoms with van der Waals surface area (Å²) in [6, 6.07) is -0.385. The molecule has 0 amide bonds. The first kappa shape index (κ1) is 10.8. The van der Waals surface area contributed by atoms with Crippen molar-refractivity contribution in [1.29, 1.82) is 0 Å². The van der Waals surface area contributed by atoms with Crippen molar-refractivity contribution in [3.8, 4) is 0 Å². The average Bonchev–Trinajstić information content (AvgIpc) is 2.30. The van der Waals surface area contributed by atoms with Gasteiger partial charge >= 0.3 is 0 Å². The van der Waals surface area contributed by atoms with Crippen LogP contribution >= 0.6 is 0 Å². The SMILES string of the molecule is O=[N+]([O-])C1CCC(N2CCNCC2)NC1. The standard InChI is InChI=1S/C9H18N4O2/c14-13(15)8-1-2-9(11-7-8)12-5-3-10-4-6-12/h8-11H,1-7H2. The van der Waals surface area contributed by atoms with Crippen LogP contribution < -0.4 is 10.6 Å². The summed E-state index contributed by atoms with van der Waals surface area (Å²) in [7, 11) is 0. The maximum Gasteiger partial charge on any atom is 0.225 e. The van der Waals surface area contributed by atoms with Crippen LogP contribution in [-0.4, -0.2) is 54.8 Å². The molecule has 0 bridgehead atoms. The highest BCUT2D eigenvalue weighted by atomic mass is 16.6. The summed E-state index contributed by atoms with van der Waals surface area (Å²) in [5, 5.41) is 17.2. The number of nitrogens with one attached hydrogen (secondary N) is 2. The number of nitrogens with zero attached hydrogens (tertiary/aromatic N) is 2. The number of hydrogen-bond acceptors (Lipinski definition) is 5. The van der Waals surface area contributed by atoms with Crippen LogP contribution in [0.2, 0.25) is 0 Å². The van der Waals surface area contributed by atoms with Crippen LogP contribution in [0.4, 0.5) is 0 Å². The molecule has 0 saturated carbocycles. The van der Waals surface area contributed by atoms with E-state index < -0.39 is 0 Å². The lowest BCUT2D eigenvalue weighted by molar-refractivity contribution is -0.523. The van der Waals surface area contributed by atoms with Crippen molar-refractivity contribution >= 4 is 0 Å². The summed E-state index contributed by atoms with van der Waals surface area (Å²) < 4.78 is 0. The van der Waals surface area contributed by atoms with Crippen LogP contribution in [0.3, 0.4) is 0 Å². The molecule has 2 unspecified atom stereocenters. The van der Waals surface area contributed by atoms with Crippen LogP contribution in [0.15, 0.2) is 0 Å². The van der Waals surface area contributed by atoms with Crippen molar-refractivity contribution in [2.45, 2.75) is 25.0 Å². The fourth-order valence-electron chi connectivity index (χ4n) is 2.31. The molecule has 2 aliphatic heterocycles. The van der Waals surface area contributed by atoms with Crippen molar-refractivity contribution < 1.29 is 4.92 Å². The molecule has 2 heterocycles. The Morgan fingerprint density at radius 3 is 2.53 bits per heavy atom. The predicted octanol–water partition coefficient (Wildman–Crippen LogP) is -0.754. The Morgan fingerprint density at radius 1 is 1.27 bits per heavy atom. The third-order valence-corrected chi connectivity index (χ3v) is 3.25. The van der Waals surface area contributed by atoms with E-state index in [1.165, 1.54) is 0 Å². The molecule has 2 aliphatic rings. The number of rotatable bonds is 2. The largest absolute Gasteiger partial charge is 0.314 e. The zero-order valence-electron chi connectivity index (χ0n) is 8.82. The first-order chi connectivity index (χ1) is 7.27. The van der Waals surface area contributed by atoms with E-state index in [-0.39, 0.29) is 11.0 Å². The predicted molar refractivity (Wildman–Crippen MR) is 56.2 cm³/mol. The fourth-order valence-corrected chi connectivity index (χ4v) is 2.31. The van der Waals surface area contributed by atoms with Gasteiger partial charge in [0.05, 0.1) is 12.7 Å². The normalized spacial score (nSPS) is 33.9. The van der Waals surface area contributed by atoms with Gasteiger partial charge in [0.25, 0.3) is 0 Å². The van der Waals surface area contributed by atoms with Crippen LogP contribution in [0, 0.1) is 10.1 Å². The maximum absolute atomic E-state index is 10.6. The van der Waals surface area contributed by atoms with Gasteiger partial charge in [-0.15, -0.1) is 0 Å². The van der Waals surface area contributed by atoms with Crippen LogP contribution in [0.5, 0.6) is 0 Å². The van der Waals surface area contributed by atoms with E-state index in [4.69, 9.17) is 0 Å². The van der Waals surface area contributed by atoms with Gasteiger partial charge in [0.1, 0.15) is 0 Å². The van der Waals surface area contributed by atoms with Crippen LogP contribution in [0.25, 0.3) is 0 Å². The molecule has 2 fully saturated rings. The summed E-state index contributed by atoms with van der Waals surface area (Å²) >= 11 is 0.